The van der Waals surface area contributed by atoms with Gasteiger partial charge >= 0.3 is 0 Å². The predicted molar refractivity (Wildman–Crippen MR) is 139 cm³/mol. The van der Waals surface area contributed by atoms with Crippen LogP contribution in [0.25, 0.3) is 0 Å². The number of hydrogen-bond donors (Lipinski definition) is 4. The third kappa shape index (κ3) is 24.4. The van der Waals surface area contributed by atoms with Gasteiger partial charge in [-0.1, -0.05) is 96.8 Å². The van der Waals surface area contributed by atoms with E-state index >= 15 is 0 Å². The Morgan fingerprint density at radius 3 is 1.74 bits per heavy atom. The van der Waals surface area contributed by atoms with Crippen LogP contribution in [0.2, 0.25) is 0 Å². The topological polar surface area (TPSA) is 127 Å². The summed E-state index contributed by atoms with van der Waals surface area (Å²) in [6.07, 6.45) is 18.5. The van der Waals surface area contributed by atoms with Gasteiger partial charge < -0.3 is 15.5 Å². The van der Waals surface area contributed by atoms with Crippen LogP contribution in [0, 0.1) is 0 Å². The fraction of sp³-hybridized carbons (Fsp3) is 0.960. The summed E-state index contributed by atoms with van der Waals surface area (Å²) in [5, 5.41) is 21.7. The lowest BCUT2D eigenvalue weighted by atomic mass is 10.0. The fourth-order valence-electron chi connectivity index (χ4n) is 4.13. The van der Waals surface area contributed by atoms with Crippen molar-refractivity contribution in [1.29, 1.82) is 0 Å². The highest BCUT2D eigenvalue weighted by molar-refractivity contribution is 7.85. The monoisotopic (exact) mass is 508 g/mol. The van der Waals surface area contributed by atoms with Crippen LogP contribution in [0.1, 0.15) is 110 Å². The molecule has 9 heteroatoms. The third-order valence-electron chi connectivity index (χ3n) is 6.05. The van der Waals surface area contributed by atoms with Gasteiger partial charge in [-0.05, 0) is 6.42 Å². The van der Waals surface area contributed by atoms with Crippen LogP contribution in [-0.4, -0.2) is 78.6 Å². The van der Waals surface area contributed by atoms with Crippen LogP contribution in [0.4, 0.5) is 0 Å². The van der Waals surface area contributed by atoms with Crippen LogP contribution in [0.3, 0.4) is 0 Å². The zero-order valence-electron chi connectivity index (χ0n) is 21.6. The Kier molecular flexibility index (Phi) is 22.2. The number of aliphatic hydroxyl groups is 2. The molecule has 34 heavy (non-hydrogen) atoms. The molecule has 0 bridgehead atoms. The molecule has 0 aromatic rings. The number of rotatable bonds is 25. The Labute approximate surface area is 208 Å². The van der Waals surface area contributed by atoms with Crippen molar-refractivity contribution < 1.29 is 28.0 Å². The van der Waals surface area contributed by atoms with E-state index in [1.165, 1.54) is 83.5 Å². The minimum Gasteiger partial charge on any atom is -0.395 e. The molecule has 0 saturated heterocycles. The summed E-state index contributed by atoms with van der Waals surface area (Å²) in [6.45, 7) is 3.09. The van der Waals surface area contributed by atoms with Crippen molar-refractivity contribution in [3.63, 3.8) is 0 Å². The number of carbonyl (C=O) groups is 1. The third-order valence-corrected chi connectivity index (χ3v) is 6.85. The molecule has 0 aromatic heterocycles. The van der Waals surface area contributed by atoms with E-state index in [2.05, 4.69) is 12.2 Å². The van der Waals surface area contributed by atoms with Crippen LogP contribution < -0.4 is 5.32 Å². The van der Waals surface area contributed by atoms with Crippen molar-refractivity contribution in [3.05, 3.63) is 0 Å². The molecule has 0 aromatic carbocycles. The van der Waals surface area contributed by atoms with E-state index in [9.17, 15) is 18.3 Å². The maximum atomic E-state index is 12.0. The quantitative estimate of drug-likeness (QED) is 0.109. The summed E-state index contributed by atoms with van der Waals surface area (Å²) in [5.41, 5.74) is 0. The predicted octanol–water partition coefficient (Wildman–Crippen LogP) is 3.91. The summed E-state index contributed by atoms with van der Waals surface area (Å²) in [7, 11) is -4.26. The fourth-order valence-corrected chi connectivity index (χ4v) is 4.72. The Hall–Kier alpha value is -0.740. The first-order chi connectivity index (χ1) is 16.3. The number of nitrogens with one attached hydrogen (secondary N) is 1. The van der Waals surface area contributed by atoms with Gasteiger partial charge in [-0.15, -0.1) is 0 Å². The molecule has 0 aliphatic carbocycles. The van der Waals surface area contributed by atoms with Gasteiger partial charge in [-0.25, -0.2) is 0 Å². The van der Waals surface area contributed by atoms with E-state index in [-0.39, 0.29) is 25.6 Å². The maximum absolute atomic E-state index is 12.0. The largest absolute Gasteiger partial charge is 0.395 e. The molecule has 8 nitrogen and oxygen atoms in total. The molecule has 0 spiro atoms. The molecule has 0 rings (SSSR count). The molecule has 204 valence electrons. The van der Waals surface area contributed by atoms with Crippen molar-refractivity contribution in [2.75, 3.05) is 38.5 Å². The molecule has 0 saturated carbocycles. The zero-order valence-corrected chi connectivity index (χ0v) is 22.4. The van der Waals surface area contributed by atoms with E-state index in [0.29, 0.717) is 19.5 Å². The Bertz CT molecular complexity index is 574. The molecular weight excluding hydrogens is 456 g/mol. The number of carbonyl (C=O) groups excluding carboxylic acids is 1. The lowest BCUT2D eigenvalue weighted by Gasteiger charge is -2.23. The number of unbranched alkanes of at least 4 members (excludes halogenated alkanes) is 14. The Morgan fingerprint density at radius 2 is 1.29 bits per heavy atom. The number of aliphatic hydroxyl groups excluding tert-OH is 2. The molecule has 0 radical (unpaired) electrons. The average molecular weight is 509 g/mol. The molecular formula is C25H52N2O6S. The molecule has 1 atom stereocenters. The van der Waals surface area contributed by atoms with Crippen LogP contribution in [0.15, 0.2) is 0 Å². The van der Waals surface area contributed by atoms with E-state index in [0.717, 1.165) is 12.8 Å². The Morgan fingerprint density at radius 1 is 0.824 bits per heavy atom. The summed E-state index contributed by atoms with van der Waals surface area (Å²) in [5.74, 6) is -0.766. The minimum absolute atomic E-state index is 0.00469. The van der Waals surface area contributed by atoms with Crippen molar-refractivity contribution in [1.82, 2.24) is 10.2 Å². The van der Waals surface area contributed by atoms with E-state index in [1.54, 1.807) is 4.90 Å². The molecule has 1 amide bonds. The highest BCUT2D eigenvalue weighted by Gasteiger charge is 2.17. The first-order valence-corrected chi connectivity index (χ1v) is 15.1. The number of hydrogen-bond acceptors (Lipinski definition) is 6. The molecule has 0 heterocycles. The van der Waals surface area contributed by atoms with Crippen molar-refractivity contribution in [2.45, 2.75) is 116 Å². The van der Waals surface area contributed by atoms with Gasteiger partial charge in [0.2, 0.25) is 5.91 Å². The maximum Gasteiger partial charge on any atom is 0.267 e. The summed E-state index contributed by atoms with van der Waals surface area (Å²) >= 11 is 0. The van der Waals surface area contributed by atoms with Crippen LogP contribution in [-0.2, 0) is 14.9 Å². The van der Waals surface area contributed by atoms with Gasteiger partial charge in [0.25, 0.3) is 10.1 Å². The summed E-state index contributed by atoms with van der Waals surface area (Å²) < 4.78 is 30.5. The summed E-state index contributed by atoms with van der Waals surface area (Å²) in [4.78, 5) is 13.6. The van der Waals surface area contributed by atoms with Crippen LogP contribution >= 0.6 is 0 Å². The smallest absolute Gasteiger partial charge is 0.267 e. The van der Waals surface area contributed by atoms with Gasteiger partial charge in [0.05, 0.1) is 12.7 Å². The van der Waals surface area contributed by atoms with E-state index < -0.39 is 22.0 Å². The number of nitrogens with zero attached hydrogens (tertiary/aromatic N) is 1. The van der Waals surface area contributed by atoms with E-state index in [1.807, 2.05) is 0 Å². The average Bonchev–Trinajstić information content (AvgIpc) is 2.75. The van der Waals surface area contributed by atoms with Gasteiger partial charge in [-0.2, -0.15) is 8.42 Å². The molecule has 1 unspecified atom stereocenters. The SMILES string of the molecule is CCCCCCCCCCCCCCCCCC(=O)NCCN(CCO)CC(O)CS(=O)(=O)O. The van der Waals surface area contributed by atoms with Crippen molar-refractivity contribution >= 4 is 16.0 Å². The van der Waals surface area contributed by atoms with Crippen LogP contribution in [0.5, 0.6) is 0 Å². The normalized spacial score (nSPS) is 12.9. The highest BCUT2D eigenvalue weighted by Crippen LogP contribution is 2.13. The standard InChI is InChI=1S/C25H52N2O6S/c1-2-3-4-5-6-7-8-9-10-11-12-13-14-15-16-17-25(30)26-18-19-27(20-21-28)22-24(29)23-34(31,32)33/h24,28-29H,2-23H2,1H3,(H,26,30)(H,31,32,33). The van der Waals surface area contributed by atoms with Crippen molar-refractivity contribution in [3.8, 4) is 0 Å². The van der Waals surface area contributed by atoms with Gasteiger partial charge in [0, 0.05) is 32.6 Å². The second-order valence-electron chi connectivity index (χ2n) is 9.48. The molecule has 0 fully saturated rings. The van der Waals surface area contributed by atoms with Gasteiger partial charge in [0.15, 0.2) is 0 Å². The minimum atomic E-state index is -4.26. The summed E-state index contributed by atoms with van der Waals surface area (Å²) in [6, 6.07) is 0. The van der Waals surface area contributed by atoms with Gasteiger partial charge in [-0.3, -0.25) is 14.2 Å². The lowest BCUT2D eigenvalue weighted by molar-refractivity contribution is -0.121. The first kappa shape index (κ1) is 33.3. The second-order valence-corrected chi connectivity index (χ2v) is 11.0. The second kappa shape index (κ2) is 22.7. The molecule has 4 N–H and O–H groups in total. The molecule has 0 aliphatic heterocycles. The molecule has 0 aliphatic rings. The van der Waals surface area contributed by atoms with E-state index in [4.69, 9.17) is 9.66 Å². The zero-order chi connectivity index (χ0) is 25.5. The van der Waals surface area contributed by atoms with Crippen molar-refractivity contribution in [2.24, 2.45) is 0 Å². The van der Waals surface area contributed by atoms with Gasteiger partial charge in [0.1, 0.15) is 5.75 Å². The Balaban J connectivity index is 3.59. The first-order valence-electron chi connectivity index (χ1n) is 13.5. The highest BCUT2D eigenvalue weighted by atomic mass is 32.2. The lowest BCUT2D eigenvalue weighted by Crippen LogP contribution is -2.42. The number of amides is 1.